The van der Waals surface area contributed by atoms with Crippen molar-refractivity contribution in [3.8, 4) is 66.8 Å². The van der Waals surface area contributed by atoms with Gasteiger partial charge >= 0.3 is 0 Å². The highest BCUT2D eigenvalue weighted by Crippen LogP contribution is 2.49. The van der Waals surface area contributed by atoms with Crippen molar-refractivity contribution in [2.45, 2.75) is 24.9 Å². The Labute approximate surface area is 404 Å². The van der Waals surface area contributed by atoms with Gasteiger partial charge < -0.3 is 5.32 Å². The molecule has 10 aromatic carbocycles. The molecule has 1 aliphatic carbocycles. The van der Waals surface area contributed by atoms with E-state index >= 15 is 0 Å². The van der Waals surface area contributed by atoms with Gasteiger partial charge in [-0.1, -0.05) is 250 Å². The first-order valence-electron chi connectivity index (χ1n) is 23.8. The van der Waals surface area contributed by atoms with Crippen molar-refractivity contribution >= 4 is 11.7 Å². The number of aliphatic imine (C=N–C) groups is 2. The molecule has 0 radical (unpaired) electrons. The number of amidine groups is 2. The normalized spacial score (nSPS) is 15.6. The summed E-state index contributed by atoms with van der Waals surface area (Å²) >= 11 is 0. The number of rotatable bonds is 9. The number of nitrogens with one attached hydrogen (secondary N) is 1. The Balaban J connectivity index is 1.04. The van der Waals surface area contributed by atoms with E-state index in [1.807, 2.05) is 0 Å². The molecule has 328 valence electrons. The number of benzene rings is 10. The molecule has 0 saturated heterocycles. The maximum atomic E-state index is 5.85. The molecule has 0 fully saturated rings. The second kappa shape index (κ2) is 17.2. The zero-order valence-corrected chi connectivity index (χ0v) is 38.6. The van der Waals surface area contributed by atoms with Gasteiger partial charge in [0.05, 0.1) is 0 Å². The maximum Gasteiger partial charge on any atom is 0.206 e. The summed E-state index contributed by atoms with van der Waals surface area (Å²) in [4.78, 5) is 11.7. The maximum absolute atomic E-state index is 5.85. The van der Waals surface area contributed by atoms with Crippen molar-refractivity contribution in [1.82, 2.24) is 5.32 Å². The minimum absolute atomic E-state index is 0.187. The molecule has 0 saturated carbocycles. The summed E-state index contributed by atoms with van der Waals surface area (Å²) < 4.78 is 0. The third kappa shape index (κ3) is 7.68. The fraction of sp³-hybridized carbons (Fsp3) is 0.0606. The third-order valence-corrected chi connectivity index (χ3v) is 14.1. The molecule has 1 atom stereocenters. The quantitative estimate of drug-likeness (QED) is 0.154. The van der Waals surface area contributed by atoms with E-state index < -0.39 is 5.66 Å². The third-order valence-electron chi connectivity index (χ3n) is 14.1. The van der Waals surface area contributed by atoms with Gasteiger partial charge in [0, 0.05) is 27.7 Å². The van der Waals surface area contributed by atoms with E-state index in [1.54, 1.807) is 0 Å². The lowest BCUT2D eigenvalue weighted by Crippen LogP contribution is -2.42. The van der Waals surface area contributed by atoms with E-state index in [-0.39, 0.29) is 5.41 Å². The summed E-state index contributed by atoms with van der Waals surface area (Å²) in [6, 6.07) is 91.4. The van der Waals surface area contributed by atoms with Crippen LogP contribution >= 0.6 is 0 Å². The summed E-state index contributed by atoms with van der Waals surface area (Å²) in [5.74, 6) is 1.51. The highest BCUT2D eigenvalue weighted by atomic mass is 15.2. The highest BCUT2D eigenvalue weighted by Gasteiger charge is 2.40. The Morgan fingerprint density at radius 3 is 1.20 bits per heavy atom. The van der Waals surface area contributed by atoms with Crippen LogP contribution in [-0.2, 0) is 11.1 Å². The van der Waals surface area contributed by atoms with Gasteiger partial charge in [0.2, 0.25) is 5.66 Å². The SMILES string of the molecule is CC1(C)c2ccccc2-c2ccc(C3=NC(c4ccc(-c5ccccc5)cc4)(c4cccc(-c5ccc(-c6ccccc6)cc5)c4)N=C(c4cccc(-c5ccc(-c6ccccc6)cc5)c4)N3)cc21. The average Bonchev–Trinajstić information content (AvgIpc) is 3.66. The summed E-state index contributed by atoms with van der Waals surface area (Å²) in [6.07, 6.45) is 0. The molecule has 0 spiro atoms. The predicted molar refractivity (Wildman–Crippen MR) is 288 cm³/mol. The van der Waals surface area contributed by atoms with Crippen LogP contribution in [0.15, 0.2) is 265 Å². The van der Waals surface area contributed by atoms with E-state index in [0.29, 0.717) is 0 Å². The van der Waals surface area contributed by atoms with Crippen molar-refractivity contribution in [3.63, 3.8) is 0 Å². The molecule has 1 unspecified atom stereocenters. The zero-order chi connectivity index (χ0) is 46.4. The Morgan fingerprint density at radius 2 is 0.652 bits per heavy atom. The van der Waals surface area contributed by atoms with Gasteiger partial charge in [0.1, 0.15) is 11.7 Å². The predicted octanol–water partition coefficient (Wildman–Crippen LogP) is 16.0. The first kappa shape index (κ1) is 41.7. The van der Waals surface area contributed by atoms with Crippen molar-refractivity contribution < 1.29 is 0 Å². The lowest BCUT2D eigenvalue weighted by molar-refractivity contribution is 0.563. The lowest BCUT2D eigenvalue weighted by Gasteiger charge is -2.34. The first-order valence-corrected chi connectivity index (χ1v) is 23.8. The van der Waals surface area contributed by atoms with Gasteiger partial charge in [-0.25, -0.2) is 9.98 Å². The number of hydrogen-bond acceptors (Lipinski definition) is 3. The second-order valence-corrected chi connectivity index (χ2v) is 18.6. The first-order chi connectivity index (χ1) is 33.9. The standard InChI is InChI=1S/C66H49N3/c1-65(2)61-27-13-12-26-59(61)60-41-38-56(44-62(60)65)64-67-63(55-24-14-22-53(42-55)51-32-28-48(29-33-51)45-16-6-3-7-17-45)68-66(69-64,57-39-36-50(37-40-57)47-20-10-5-11-21-47)58-25-15-23-54(43-58)52-34-30-49(31-35-52)46-18-8-4-9-19-46/h3-44H,1-2H3,(H,67,68,69). The molecule has 0 bridgehead atoms. The molecule has 3 heteroatoms. The van der Waals surface area contributed by atoms with Crippen LogP contribution in [0.2, 0.25) is 0 Å². The number of fused-ring (bicyclic) bond motifs is 3. The van der Waals surface area contributed by atoms with Crippen molar-refractivity contribution in [2.24, 2.45) is 9.98 Å². The molecule has 12 rings (SSSR count). The van der Waals surface area contributed by atoms with E-state index in [0.717, 1.165) is 67.3 Å². The molecule has 10 aromatic rings. The Morgan fingerprint density at radius 1 is 0.275 bits per heavy atom. The van der Waals surface area contributed by atoms with Crippen LogP contribution < -0.4 is 5.32 Å². The van der Waals surface area contributed by atoms with Crippen molar-refractivity contribution in [1.29, 1.82) is 0 Å². The van der Waals surface area contributed by atoms with Crippen molar-refractivity contribution in [2.75, 3.05) is 0 Å². The lowest BCUT2D eigenvalue weighted by atomic mass is 9.82. The smallest absolute Gasteiger partial charge is 0.206 e. The summed E-state index contributed by atoms with van der Waals surface area (Å²) in [5.41, 5.74) is 19.3. The second-order valence-electron chi connectivity index (χ2n) is 18.6. The van der Waals surface area contributed by atoms with E-state index in [2.05, 4.69) is 274 Å². The van der Waals surface area contributed by atoms with Crippen LogP contribution in [0.3, 0.4) is 0 Å². The Bertz CT molecular complexity index is 3550. The fourth-order valence-electron chi connectivity index (χ4n) is 10.3. The molecule has 2 aliphatic rings. The van der Waals surface area contributed by atoms with Gasteiger partial charge in [-0.2, -0.15) is 0 Å². The van der Waals surface area contributed by atoms with Crippen LogP contribution in [0, 0.1) is 0 Å². The molecule has 0 amide bonds. The van der Waals surface area contributed by atoms with E-state index in [9.17, 15) is 0 Å². The van der Waals surface area contributed by atoms with Gasteiger partial charge in [0.15, 0.2) is 0 Å². The van der Waals surface area contributed by atoms with Crippen LogP contribution in [0.4, 0.5) is 0 Å². The molecule has 1 heterocycles. The molecular weight excluding hydrogens is 835 g/mol. The topological polar surface area (TPSA) is 36.8 Å². The van der Waals surface area contributed by atoms with Crippen LogP contribution in [-0.4, -0.2) is 11.7 Å². The number of nitrogens with zero attached hydrogens (tertiary/aromatic N) is 2. The molecule has 69 heavy (non-hydrogen) atoms. The summed E-state index contributed by atoms with van der Waals surface area (Å²) in [5, 5.41) is 3.83. The molecule has 0 aromatic heterocycles. The van der Waals surface area contributed by atoms with Gasteiger partial charge in [0.25, 0.3) is 0 Å². The minimum Gasteiger partial charge on any atom is -0.324 e. The van der Waals surface area contributed by atoms with Crippen LogP contribution in [0.5, 0.6) is 0 Å². The molecule has 1 N–H and O–H groups in total. The molecular formula is C66H49N3. The van der Waals surface area contributed by atoms with Crippen LogP contribution in [0.1, 0.15) is 47.2 Å². The van der Waals surface area contributed by atoms with Crippen LogP contribution in [0.25, 0.3) is 66.8 Å². The minimum atomic E-state index is -1.17. The van der Waals surface area contributed by atoms with Gasteiger partial charge in [-0.15, -0.1) is 0 Å². The molecule has 3 nitrogen and oxygen atoms in total. The van der Waals surface area contributed by atoms with Gasteiger partial charge in [-0.3, -0.25) is 0 Å². The fourth-order valence-corrected chi connectivity index (χ4v) is 10.3. The van der Waals surface area contributed by atoms with E-state index in [4.69, 9.17) is 9.98 Å². The summed E-state index contributed by atoms with van der Waals surface area (Å²) in [6.45, 7) is 4.66. The largest absolute Gasteiger partial charge is 0.324 e. The zero-order valence-electron chi connectivity index (χ0n) is 38.6. The highest BCUT2D eigenvalue weighted by molar-refractivity contribution is 6.17. The Kier molecular flexibility index (Phi) is 10.4. The monoisotopic (exact) mass is 883 g/mol. The molecule has 1 aliphatic heterocycles. The average molecular weight is 884 g/mol. The number of hydrogen-bond donors (Lipinski definition) is 1. The Hall–Kier alpha value is -8.66. The van der Waals surface area contributed by atoms with Crippen molar-refractivity contribution in [3.05, 3.63) is 288 Å². The summed E-state index contributed by atoms with van der Waals surface area (Å²) in [7, 11) is 0. The van der Waals surface area contributed by atoms with Gasteiger partial charge in [-0.05, 0) is 96.1 Å². The van der Waals surface area contributed by atoms with E-state index in [1.165, 1.54) is 44.5 Å².